The Morgan fingerprint density at radius 2 is 2.19 bits per heavy atom. The molecule has 0 aromatic heterocycles. The van der Waals surface area contributed by atoms with E-state index in [-0.39, 0.29) is 30.2 Å². The SMILES string of the molecule is [B][C@@H]1O[C@@]2(CC(=O)OCc3ccccc3)CC(=C)C1C2C. The Morgan fingerprint density at radius 1 is 1.48 bits per heavy atom. The molecule has 2 aliphatic rings. The van der Waals surface area contributed by atoms with Crippen molar-refractivity contribution in [1.82, 2.24) is 0 Å². The number of ether oxygens (including phenoxy) is 2. The predicted octanol–water partition coefficient (Wildman–Crippen LogP) is 2.60. The quantitative estimate of drug-likeness (QED) is 0.484. The Labute approximate surface area is 126 Å². The van der Waals surface area contributed by atoms with Crippen LogP contribution in [0, 0.1) is 11.8 Å². The van der Waals surface area contributed by atoms with Gasteiger partial charge in [-0.25, -0.2) is 0 Å². The number of fused-ring (bicyclic) bond motifs is 2. The first-order valence-corrected chi connectivity index (χ1v) is 7.32. The Hall–Kier alpha value is -1.55. The lowest BCUT2D eigenvalue weighted by molar-refractivity contribution is -0.153. The van der Waals surface area contributed by atoms with Gasteiger partial charge in [0, 0.05) is 11.9 Å². The molecular weight excluding hydrogens is 263 g/mol. The van der Waals surface area contributed by atoms with Crippen LogP contribution in [0.2, 0.25) is 0 Å². The van der Waals surface area contributed by atoms with E-state index in [1.165, 1.54) is 0 Å². The summed E-state index contributed by atoms with van der Waals surface area (Å²) in [4.78, 5) is 12.1. The van der Waals surface area contributed by atoms with Crippen LogP contribution in [0.15, 0.2) is 42.5 Å². The minimum absolute atomic E-state index is 0.159. The van der Waals surface area contributed by atoms with Crippen molar-refractivity contribution in [2.75, 3.05) is 0 Å². The van der Waals surface area contributed by atoms with Crippen LogP contribution in [0.3, 0.4) is 0 Å². The number of hydrogen-bond acceptors (Lipinski definition) is 3. The van der Waals surface area contributed by atoms with Gasteiger partial charge in [-0.3, -0.25) is 4.79 Å². The lowest BCUT2D eigenvalue weighted by atomic mass is 9.80. The average Bonchev–Trinajstić information content (AvgIpc) is 2.82. The number of hydrogen-bond donors (Lipinski definition) is 0. The Bertz CT molecular complexity index is 556. The molecule has 2 fully saturated rings. The van der Waals surface area contributed by atoms with Crippen LogP contribution in [-0.4, -0.2) is 25.4 Å². The predicted molar refractivity (Wildman–Crippen MR) is 80.6 cm³/mol. The molecule has 4 heteroatoms. The van der Waals surface area contributed by atoms with E-state index in [4.69, 9.17) is 17.3 Å². The summed E-state index contributed by atoms with van der Waals surface area (Å²) < 4.78 is 11.2. The number of esters is 1. The molecule has 1 aliphatic heterocycles. The molecule has 1 aromatic carbocycles. The monoisotopic (exact) mass is 282 g/mol. The van der Waals surface area contributed by atoms with Crippen molar-refractivity contribution >= 4 is 13.8 Å². The van der Waals surface area contributed by atoms with Gasteiger partial charge in [-0.1, -0.05) is 49.4 Å². The third kappa shape index (κ3) is 2.53. The summed E-state index contributed by atoms with van der Waals surface area (Å²) >= 11 is 0. The topological polar surface area (TPSA) is 35.5 Å². The minimum Gasteiger partial charge on any atom is -0.461 e. The first-order chi connectivity index (χ1) is 10.0. The molecule has 0 N–H and O–H groups in total. The van der Waals surface area contributed by atoms with Crippen LogP contribution < -0.4 is 0 Å². The highest BCUT2D eigenvalue weighted by Gasteiger charge is 2.58. The zero-order valence-electron chi connectivity index (χ0n) is 12.2. The second-order valence-electron chi connectivity index (χ2n) is 6.12. The van der Waals surface area contributed by atoms with Gasteiger partial charge >= 0.3 is 5.97 Å². The van der Waals surface area contributed by atoms with Gasteiger partial charge in [-0.2, -0.15) is 0 Å². The Morgan fingerprint density at radius 3 is 2.81 bits per heavy atom. The third-order valence-corrected chi connectivity index (χ3v) is 4.78. The van der Waals surface area contributed by atoms with E-state index in [9.17, 15) is 4.79 Å². The molecule has 0 spiro atoms. The molecule has 2 radical (unpaired) electrons. The fraction of sp³-hybridized carbons (Fsp3) is 0.471. The first-order valence-electron chi connectivity index (χ1n) is 7.32. The van der Waals surface area contributed by atoms with Gasteiger partial charge in [-0.05, 0) is 17.9 Å². The van der Waals surface area contributed by atoms with Crippen LogP contribution in [-0.2, 0) is 20.9 Å². The number of benzene rings is 1. The molecule has 1 saturated carbocycles. The van der Waals surface area contributed by atoms with E-state index >= 15 is 0 Å². The van der Waals surface area contributed by atoms with Crippen molar-refractivity contribution in [3.63, 3.8) is 0 Å². The number of carbonyl (C=O) groups excluding carboxylic acids is 1. The Balaban J connectivity index is 1.61. The molecule has 3 nitrogen and oxygen atoms in total. The number of rotatable bonds is 4. The maximum Gasteiger partial charge on any atom is 0.309 e. The second-order valence-corrected chi connectivity index (χ2v) is 6.12. The molecule has 3 rings (SSSR count). The summed E-state index contributed by atoms with van der Waals surface area (Å²) in [7, 11) is 5.99. The maximum absolute atomic E-state index is 12.1. The third-order valence-electron chi connectivity index (χ3n) is 4.78. The van der Waals surface area contributed by atoms with Crippen LogP contribution in [0.4, 0.5) is 0 Å². The molecular formula is C17H19BO3. The van der Waals surface area contributed by atoms with Gasteiger partial charge in [0.25, 0.3) is 0 Å². The van der Waals surface area contributed by atoms with Crippen molar-refractivity contribution in [2.45, 2.75) is 38.0 Å². The molecule has 2 bridgehead atoms. The van der Waals surface area contributed by atoms with Gasteiger partial charge in [0.1, 0.15) is 14.5 Å². The van der Waals surface area contributed by atoms with Crippen molar-refractivity contribution in [3.8, 4) is 0 Å². The lowest BCUT2D eigenvalue weighted by Gasteiger charge is -2.31. The Kier molecular flexibility index (Phi) is 3.66. The maximum atomic E-state index is 12.1. The average molecular weight is 282 g/mol. The van der Waals surface area contributed by atoms with Gasteiger partial charge < -0.3 is 9.47 Å². The molecule has 4 atom stereocenters. The first kappa shape index (κ1) is 14.4. The summed E-state index contributed by atoms with van der Waals surface area (Å²) in [5.74, 6) is 0.129. The molecule has 1 aliphatic carbocycles. The van der Waals surface area contributed by atoms with E-state index in [1.54, 1.807) is 0 Å². The molecule has 2 unspecified atom stereocenters. The van der Waals surface area contributed by atoms with E-state index < -0.39 is 5.60 Å². The fourth-order valence-electron chi connectivity index (χ4n) is 3.65. The molecule has 108 valence electrons. The highest BCUT2D eigenvalue weighted by molar-refractivity contribution is 6.11. The standard InChI is InChI=1S/C17H19BO3/c1-11-8-17(12(2)15(11)16(18)21-17)9-14(19)20-10-13-6-4-3-5-7-13/h3-7,12,15-16H,1,8-10H2,2H3/t12?,15?,16-,17-/m1/s1. The van der Waals surface area contributed by atoms with E-state index in [0.29, 0.717) is 13.0 Å². The summed E-state index contributed by atoms with van der Waals surface area (Å²) in [5, 5.41) is 0. The van der Waals surface area contributed by atoms with Gasteiger partial charge in [0.2, 0.25) is 0 Å². The van der Waals surface area contributed by atoms with E-state index in [0.717, 1.165) is 11.1 Å². The van der Waals surface area contributed by atoms with Gasteiger partial charge in [-0.15, -0.1) is 0 Å². The van der Waals surface area contributed by atoms with Crippen molar-refractivity contribution in [3.05, 3.63) is 48.0 Å². The zero-order chi connectivity index (χ0) is 15.0. The summed E-state index contributed by atoms with van der Waals surface area (Å²) in [5.41, 5.74) is 1.56. The van der Waals surface area contributed by atoms with Crippen molar-refractivity contribution < 1.29 is 14.3 Å². The summed E-state index contributed by atoms with van der Waals surface area (Å²) in [6.45, 7) is 6.45. The van der Waals surface area contributed by atoms with Crippen molar-refractivity contribution in [2.24, 2.45) is 11.8 Å². The summed E-state index contributed by atoms with van der Waals surface area (Å²) in [6, 6.07) is 9.31. The minimum atomic E-state index is -0.519. The van der Waals surface area contributed by atoms with Crippen LogP contribution in [0.25, 0.3) is 0 Å². The molecule has 1 aromatic rings. The second kappa shape index (κ2) is 5.34. The van der Waals surface area contributed by atoms with Crippen molar-refractivity contribution in [1.29, 1.82) is 0 Å². The molecule has 0 amide bonds. The summed E-state index contributed by atoms with van der Waals surface area (Å²) in [6.07, 6.45) is 0.942. The largest absolute Gasteiger partial charge is 0.461 e. The molecule has 1 heterocycles. The lowest BCUT2D eigenvalue weighted by Crippen LogP contribution is -2.37. The highest BCUT2D eigenvalue weighted by Crippen LogP contribution is 2.55. The smallest absolute Gasteiger partial charge is 0.309 e. The molecule has 1 saturated heterocycles. The molecule has 21 heavy (non-hydrogen) atoms. The normalized spacial score (nSPS) is 34.1. The van der Waals surface area contributed by atoms with Crippen LogP contribution in [0.5, 0.6) is 0 Å². The van der Waals surface area contributed by atoms with Crippen LogP contribution >= 0.6 is 0 Å². The zero-order valence-corrected chi connectivity index (χ0v) is 12.2. The van der Waals surface area contributed by atoms with E-state index in [1.807, 2.05) is 30.3 Å². The number of carbonyl (C=O) groups is 1. The van der Waals surface area contributed by atoms with Gasteiger partial charge in [0.05, 0.1) is 12.0 Å². The highest BCUT2D eigenvalue weighted by atomic mass is 16.5. The van der Waals surface area contributed by atoms with E-state index in [2.05, 4.69) is 13.5 Å². The van der Waals surface area contributed by atoms with Gasteiger partial charge in [0.15, 0.2) is 0 Å². The van der Waals surface area contributed by atoms with Crippen LogP contribution in [0.1, 0.15) is 25.3 Å². The fourth-order valence-corrected chi connectivity index (χ4v) is 3.65.